The van der Waals surface area contributed by atoms with Gasteiger partial charge < -0.3 is 4.74 Å². The Morgan fingerprint density at radius 2 is 2.10 bits per heavy atom. The Bertz CT molecular complexity index is 778. The van der Waals surface area contributed by atoms with Crippen LogP contribution in [0.4, 0.5) is 4.39 Å². The first kappa shape index (κ1) is 13.4. The molecule has 106 valence electrons. The van der Waals surface area contributed by atoms with Crippen molar-refractivity contribution >= 4 is 11.6 Å². The van der Waals surface area contributed by atoms with Gasteiger partial charge >= 0.3 is 6.01 Å². The molecule has 0 saturated carbocycles. The van der Waals surface area contributed by atoms with Gasteiger partial charge in [0.1, 0.15) is 17.9 Å². The number of hydrogen-bond donors (Lipinski definition) is 0. The molecule has 1 aromatic carbocycles. The van der Waals surface area contributed by atoms with Crippen molar-refractivity contribution in [2.45, 2.75) is 6.92 Å². The molecule has 3 aromatic rings. The number of hydrogen-bond acceptors (Lipinski definition) is 5. The van der Waals surface area contributed by atoms with Gasteiger partial charge in [0.15, 0.2) is 0 Å². The third-order valence-electron chi connectivity index (χ3n) is 2.65. The highest BCUT2D eigenvalue weighted by Crippen LogP contribution is 2.24. The number of benzene rings is 1. The summed E-state index contributed by atoms with van der Waals surface area (Å²) in [6.45, 7) is 1.72. The lowest BCUT2D eigenvalue weighted by molar-refractivity contribution is 0.433. The normalized spacial score (nSPS) is 10.6. The number of imidazole rings is 1. The van der Waals surface area contributed by atoms with Gasteiger partial charge in [-0.1, -0.05) is 0 Å². The van der Waals surface area contributed by atoms with Crippen molar-refractivity contribution in [3.63, 3.8) is 0 Å². The van der Waals surface area contributed by atoms with Crippen molar-refractivity contribution in [3.05, 3.63) is 53.6 Å². The Kier molecular flexibility index (Phi) is 3.49. The molecule has 0 aliphatic heterocycles. The Morgan fingerprint density at radius 1 is 1.24 bits per heavy atom. The van der Waals surface area contributed by atoms with Crippen LogP contribution in [0.5, 0.6) is 11.8 Å². The summed E-state index contributed by atoms with van der Waals surface area (Å²) in [4.78, 5) is 15.9. The second-order valence-electron chi connectivity index (χ2n) is 4.17. The molecule has 0 aliphatic carbocycles. The lowest BCUT2D eigenvalue weighted by Crippen LogP contribution is -2.03. The molecule has 0 unspecified atom stereocenters. The van der Waals surface area contributed by atoms with Gasteiger partial charge in [0.2, 0.25) is 11.2 Å². The maximum Gasteiger partial charge on any atom is 0.328 e. The Hall–Kier alpha value is -2.54. The molecule has 0 bridgehead atoms. The van der Waals surface area contributed by atoms with E-state index < -0.39 is 0 Å². The molecule has 3 rings (SSSR count). The largest absolute Gasteiger partial charge is 0.424 e. The molecule has 6 nitrogen and oxygen atoms in total. The zero-order chi connectivity index (χ0) is 14.8. The van der Waals surface area contributed by atoms with Crippen LogP contribution in [0.3, 0.4) is 0 Å². The third-order valence-corrected chi connectivity index (χ3v) is 2.82. The zero-order valence-electron chi connectivity index (χ0n) is 10.9. The average Bonchev–Trinajstić information content (AvgIpc) is 2.95. The Morgan fingerprint density at radius 3 is 2.81 bits per heavy atom. The topological polar surface area (TPSA) is 65.7 Å². The van der Waals surface area contributed by atoms with Gasteiger partial charge in [0.05, 0.1) is 0 Å². The van der Waals surface area contributed by atoms with E-state index in [4.69, 9.17) is 16.3 Å². The van der Waals surface area contributed by atoms with Crippen LogP contribution in [-0.2, 0) is 0 Å². The Balaban J connectivity index is 1.95. The van der Waals surface area contributed by atoms with E-state index in [1.54, 1.807) is 23.9 Å². The van der Waals surface area contributed by atoms with Crippen LogP contribution in [0, 0.1) is 12.7 Å². The van der Waals surface area contributed by atoms with E-state index in [0.717, 1.165) is 0 Å². The third kappa shape index (κ3) is 2.97. The van der Waals surface area contributed by atoms with Gasteiger partial charge in [-0.05, 0) is 42.3 Å². The van der Waals surface area contributed by atoms with E-state index in [1.165, 1.54) is 24.5 Å². The van der Waals surface area contributed by atoms with Gasteiger partial charge in [0, 0.05) is 12.4 Å². The van der Waals surface area contributed by atoms with Crippen LogP contribution in [0.25, 0.3) is 5.95 Å². The first-order chi connectivity index (χ1) is 10.1. The molecular weight excluding hydrogens is 297 g/mol. The molecule has 8 heteroatoms. The molecule has 0 saturated heterocycles. The molecule has 0 spiro atoms. The molecule has 0 atom stereocenters. The minimum absolute atomic E-state index is 0.0107. The summed E-state index contributed by atoms with van der Waals surface area (Å²) in [5.74, 6) is 0.380. The maximum atomic E-state index is 13.1. The summed E-state index contributed by atoms with van der Waals surface area (Å²) in [6.07, 6.45) is 4.78. The molecule has 0 aliphatic rings. The predicted molar refractivity (Wildman–Crippen MR) is 73.2 cm³/mol. The fourth-order valence-electron chi connectivity index (χ4n) is 1.69. The zero-order valence-corrected chi connectivity index (χ0v) is 11.6. The summed E-state index contributed by atoms with van der Waals surface area (Å²) in [5.41, 5.74) is 0.621. The van der Waals surface area contributed by atoms with E-state index in [2.05, 4.69) is 19.9 Å². The van der Waals surface area contributed by atoms with E-state index in [0.29, 0.717) is 11.3 Å². The first-order valence-electron chi connectivity index (χ1n) is 5.96. The number of nitrogens with zero attached hydrogens (tertiary/aromatic N) is 5. The molecule has 0 amide bonds. The molecule has 0 N–H and O–H groups in total. The van der Waals surface area contributed by atoms with Gasteiger partial charge in [-0.3, -0.25) is 4.57 Å². The number of rotatable bonds is 3. The van der Waals surface area contributed by atoms with Gasteiger partial charge in [-0.2, -0.15) is 15.0 Å². The summed E-state index contributed by atoms with van der Waals surface area (Å²) < 4.78 is 20.2. The number of halogens is 2. The smallest absolute Gasteiger partial charge is 0.328 e. The second kappa shape index (κ2) is 5.45. The van der Waals surface area contributed by atoms with Crippen molar-refractivity contribution in [3.8, 4) is 17.7 Å². The summed E-state index contributed by atoms with van der Waals surface area (Å²) in [5, 5.41) is -0.0107. The van der Waals surface area contributed by atoms with Crippen molar-refractivity contribution in [1.29, 1.82) is 0 Å². The Labute approximate surface area is 124 Å². The maximum absolute atomic E-state index is 13.1. The summed E-state index contributed by atoms with van der Waals surface area (Å²) in [6, 6.07) is 4.17. The highest BCUT2D eigenvalue weighted by molar-refractivity contribution is 6.28. The van der Waals surface area contributed by atoms with E-state index in [-0.39, 0.29) is 23.1 Å². The lowest BCUT2D eigenvalue weighted by atomic mass is 10.2. The van der Waals surface area contributed by atoms with E-state index in [9.17, 15) is 4.39 Å². The highest BCUT2D eigenvalue weighted by atomic mass is 35.5. The molecule has 0 fully saturated rings. The SMILES string of the molecule is Cc1cc(F)ccc1Oc1nc(Cl)nc(-n2ccnc2)n1. The monoisotopic (exact) mass is 305 g/mol. The fraction of sp³-hybridized carbons (Fsp3) is 0.0769. The molecule has 2 heterocycles. The van der Waals surface area contributed by atoms with E-state index >= 15 is 0 Å². The quantitative estimate of drug-likeness (QED) is 0.744. The van der Waals surface area contributed by atoms with Crippen LogP contribution < -0.4 is 4.74 Å². The second-order valence-corrected chi connectivity index (χ2v) is 4.51. The van der Waals surface area contributed by atoms with Gasteiger partial charge in [-0.25, -0.2) is 9.37 Å². The van der Waals surface area contributed by atoms with Crippen LogP contribution in [0.1, 0.15) is 5.56 Å². The minimum atomic E-state index is -0.340. The molecular formula is C13H9ClFN5O. The van der Waals surface area contributed by atoms with Crippen LogP contribution >= 0.6 is 11.6 Å². The summed E-state index contributed by atoms with van der Waals surface area (Å²) in [7, 11) is 0. The fourth-order valence-corrected chi connectivity index (χ4v) is 1.83. The predicted octanol–water partition coefficient (Wildman–Crippen LogP) is 2.95. The van der Waals surface area contributed by atoms with Crippen LogP contribution in [-0.4, -0.2) is 24.5 Å². The van der Waals surface area contributed by atoms with E-state index in [1.807, 2.05) is 0 Å². The minimum Gasteiger partial charge on any atom is -0.424 e. The molecule has 21 heavy (non-hydrogen) atoms. The van der Waals surface area contributed by atoms with Gasteiger partial charge in [0.25, 0.3) is 0 Å². The number of ether oxygens (including phenoxy) is 1. The first-order valence-corrected chi connectivity index (χ1v) is 6.33. The standard InChI is InChI=1S/C13H9ClFN5O/c1-8-6-9(15)2-3-10(8)21-13-18-11(14)17-12(19-13)20-5-4-16-7-20/h2-7H,1H3. The molecule has 0 radical (unpaired) electrons. The van der Waals surface area contributed by atoms with Crippen molar-refractivity contribution in [2.24, 2.45) is 0 Å². The average molecular weight is 306 g/mol. The number of aryl methyl sites for hydroxylation is 1. The molecule has 2 aromatic heterocycles. The van der Waals surface area contributed by atoms with Crippen molar-refractivity contribution < 1.29 is 9.13 Å². The van der Waals surface area contributed by atoms with Gasteiger partial charge in [-0.15, -0.1) is 0 Å². The van der Waals surface area contributed by atoms with Crippen molar-refractivity contribution in [2.75, 3.05) is 0 Å². The lowest BCUT2D eigenvalue weighted by Gasteiger charge is -2.08. The van der Waals surface area contributed by atoms with Crippen LogP contribution in [0.2, 0.25) is 5.28 Å². The van der Waals surface area contributed by atoms with Crippen molar-refractivity contribution in [1.82, 2.24) is 24.5 Å². The number of aromatic nitrogens is 5. The summed E-state index contributed by atoms with van der Waals surface area (Å²) >= 11 is 5.86. The highest BCUT2D eigenvalue weighted by Gasteiger charge is 2.10. The van der Waals surface area contributed by atoms with Crippen LogP contribution in [0.15, 0.2) is 36.9 Å².